The van der Waals surface area contributed by atoms with E-state index in [1.54, 1.807) is 19.0 Å². The van der Waals surface area contributed by atoms with E-state index in [4.69, 9.17) is 0 Å². The molecule has 0 unspecified atom stereocenters. The molecule has 2 saturated heterocycles. The van der Waals surface area contributed by atoms with E-state index in [-0.39, 0.29) is 5.91 Å². The molecule has 0 saturated carbocycles. The van der Waals surface area contributed by atoms with Crippen LogP contribution < -0.4 is 20.5 Å². The molecule has 1 amide bonds. The molecule has 0 atom stereocenters. The van der Waals surface area contributed by atoms with Crippen LogP contribution in [0.25, 0.3) is 10.9 Å². The third kappa shape index (κ3) is 4.45. The van der Waals surface area contributed by atoms with E-state index in [1.165, 1.54) is 6.42 Å². The number of aromatic nitrogens is 3. The highest BCUT2D eigenvalue weighted by molar-refractivity contribution is 5.99. The first-order valence-electron chi connectivity index (χ1n) is 11.8. The Bertz CT molecular complexity index is 1110. The van der Waals surface area contributed by atoms with Gasteiger partial charge in [-0.3, -0.25) is 9.47 Å². The van der Waals surface area contributed by atoms with Crippen molar-refractivity contribution < 1.29 is 4.79 Å². The quantitative estimate of drug-likeness (QED) is 0.620. The van der Waals surface area contributed by atoms with E-state index in [0.29, 0.717) is 11.5 Å². The van der Waals surface area contributed by atoms with E-state index < -0.39 is 0 Å². The highest BCUT2D eigenvalue weighted by Crippen LogP contribution is 2.26. The molecule has 3 aromatic rings. The summed E-state index contributed by atoms with van der Waals surface area (Å²) in [6.45, 7) is 5.87. The Kier molecular flexibility index (Phi) is 6.04. The van der Waals surface area contributed by atoms with E-state index in [9.17, 15) is 4.79 Å². The van der Waals surface area contributed by atoms with Gasteiger partial charge in [0.15, 0.2) is 0 Å². The van der Waals surface area contributed by atoms with Crippen molar-refractivity contribution in [3.63, 3.8) is 0 Å². The molecule has 0 spiro atoms. The van der Waals surface area contributed by atoms with Gasteiger partial charge < -0.3 is 25.4 Å². The summed E-state index contributed by atoms with van der Waals surface area (Å²) in [6, 6.07) is 8.06. The van der Waals surface area contributed by atoms with Crippen molar-refractivity contribution in [3.8, 4) is 0 Å². The van der Waals surface area contributed by atoms with Gasteiger partial charge >= 0.3 is 0 Å². The van der Waals surface area contributed by atoms with Gasteiger partial charge in [0.1, 0.15) is 17.3 Å². The number of fused-ring (bicyclic) bond motifs is 1. The number of amides is 1. The Morgan fingerprint density at radius 1 is 0.970 bits per heavy atom. The van der Waals surface area contributed by atoms with Gasteiger partial charge in [-0.25, -0.2) is 9.97 Å². The van der Waals surface area contributed by atoms with Crippen LogP contribution in [-0.2, 0) is 0 Å². The summed E-state index contributed by atoms with van der Waals surface area (Å²) >= 11 is 0. The lowest BCUT2D eigenvalue weighted by molar-refractivity contribution is 0.0816. The molecule has 0 aromatic carbocycles. The number of carbonyl (C=O) groups is 1. The second kappa shape index (κ2) is 9.27. The first kappa shape index (κ1) is 21.5. The molecule has 2 N–H and O–H groups in total. The average Bonchev–Trinajstić information content (AvgIpc) is 3.24. The lowest BCUT2D eigenvalue weighted by atomic mass is 10.2. The Morgan fingerprint density at radius 3 is 2.42 bits per heavy atom. The number of pyridine rings is 2. The monoisotopic (exact) mass is 448 g/mol. The third-order valence-corrected chi connectivity index (χ3v) is 6.39. The largest absolute Gasteiger partial charge is 0.368 e. The minimum Gasteiger partial charge on any atom is -0.368 e. The molecule has 2 fully saturated rings. The van der Waals surface area contributed by atoms with Crippen molar-refractivity contribution in [2.24, 2.45) is 0 Å². The van der Waals surface area contributed by atoms with Crippen LogP contribution in [0.2, 0.25) is 0 Å². The van der Waals surface area contributed by atoms with Crippen LogP contribution in [0.3, 0.4) is 0 Å². The van der Waals surface area contributed by atoms with Crippen LogP contribution in [0.4, 0.5) is 17.3 Å². The molecule has 174 valence electrons. The number of hydrogen-bond donors (Lipinski definition) is 2. The number of piperidine rings is 1. The number of hydrogen-bond acceptors (Lipinski definition) is 7. The van der Waals surface area contributed by atoms with Gasteiger partial charge in [-0.15, -0.1) is 0 Å². The topological polar surface area (TPSA) is 81.6 Å². The predicted molar refractivity (Wildman–Crippen MR) is 132 cm³/mol. The highest BCUT2D eigenvalue weighted by atomic mass is 16.2. The van der Waals surface area contributed by atoms with Crippen LogP contribution in [0.15, 0.2) is 36.7 Å². The molecule has 0 aliphatic carbocycles. The second-order valence-electron chi connectivity index (χ2n) is 8.95. The Hall–Kier alpha value is -3.33. The van der Waals surface area contributed by atoms with Gasteiger partial charge in [0.2, 0.25) is 0 Å². The first-order chi connectivity index (χ1) is 16.1. The summed E-state index contributed by atoms with van der Waals surface area (Å²) in [5.41, 5.74) is 2.79. The fourth-order valence-electron chi connectivity index (χ4n) is 4.62. The normalized spacial score (nSPS) is 16.8. The number of carbonyl (C=O) groups excluding carboxylic acids is 1. The van der Waals surface area contributed by atoms with Crippen molar-refractivity contribution in [2.45, 2.75) is 19.3 Å². The van der Waals surface area contributed by atoms with Gasteiger partial charge in [-0.2, -0.15) is 0 Å². The summed E-state index contributed by atoms with van der Waals surface area (Å²) in [5, 5.41) is 9.95. The van der Waals surface area contributed by atoms with E-state index in [2.05, 4.69) is 41.3 Å². The standard InChI is InChI=1S/C24H32N8O/c1-29(2)24(33)21-14-18-16-26-23(15-20(18)32(21)31-10-4-3-5-11-31)28-22-7-6-19(17-27-22)30-12-8-25-9-13-30/h6-7,14-17,25H,3-5,8-13H2,1-2H3,(H,26,27,28). The number of piperazine rings is 1. The summed E-state index contributed by atoms with van der Waals surface area (Å²) in [4.78, 5) is 26.1. The van der Waals surface area contributed by atoms with Gasteiger partial charge in [0, 0.05) is 71.0 Å². The predicted octanol–water partition coefficient (Wildman–Crippen LogP) is 2.41. The SMILES string of the molecule is CN(C)C(=O)c1cc2cnc(Nc3ccc(N4CCNCC4)cn3)cc2n1N1CCCCC1. The average molecular weight is 449 g/mol. The van der Waals surface area contributed by atoms with Crippen molar-refractivity contribution >= 4 is 34.1 Å². The third-order valence-electron chi connectivity index (χ3n) is 6.39. The van der Waals surface area contributed by atoms with Crippen LogP contribution in [0.1, 0.15) is 29.8 Å². The maximum absolute atomic E-state index is 12.9. The number of anilines is 3. The van der Waals surface area contributed by atoms with Gasteiger partial charge in [-0.05, 0) is 37.5 Å². The van der Waals surface area contributed by atoms with Gasteiger partial charge in [0.05, 0.1) is 17.4 Å². The summed E-state index contributed by atoms with van der Waals surface area (Å²) in [6.07, 6.45) is 7.25. The van der Waals surface area contributed by atoms with E-state index >= 15 is 0 Å². The zero-order chi connectivity index (χ0) is 22.8. The molecule has 9 heteroatoms. The molecular weight excluding hydrogens is 416 g/mol. The lowest BCUT2D eigenvalue weighted by Crippen LogP contribution is -2.43. The second-order valence-corrected chi connectivity index (χ2v) is 8.95. The highest BCUT2D eigenvalue weighted by Gasteiger charge is 2.23. The minimum atomic E-state index is -0.00329. The summed E-state index contributed by atoms with van der Waals surface area (Å²) < 4.78 is 2.09. The maximum atomic E-state index is 12.9. The zero-order valence-electron chi connectivity index (χ0n) is 19.4. The molecule has 0 bridgehead atoms. The molecule has 2 aliphatic rings. The maximum Gasteiger partial charge on any atom is 0.271 e. The minimum absolute atomic E-state index is 0.00329. The Morgan fingerprint density at radius 2 is 1.73 bits per heavy atom. The van der Waals surface area contributed by atoms with Crippen LogP contribution >= 0.6 is 0 Å². The number of nitrogens with zero attached hydrogens (tertiary/aromatic N) is 6. The Balaban J connectivity index is 1.44. The van der Waals surface area contributed by atoms with Crippen LogP contribution in [-0.4, -0.2) is 78.8 Å². The van der Waals surface area contributed by atoms with Crippen LogP contribution in [0.5, 0.6) is 0 Å². The van der Waals surface area contributed by atoms with Crippen molar-refractivity contribution in [1.29, 1.82) is 0 Å². The fraction of sp³-hybridized carbons (Fsp3) is 0.458. The van der Waals surface area contributed by atoms with Crippen molar-refractivity contribution in [1.82, 2.24) is 24.9 Å². The molecule has 3 aromatic heterocycles. The zero-order valence-corrected chi connectivity index (χ0v) is 19.4. The smallest absolute Gasteiger partial charge is 0.271 e. The molecule has 5 rings (SSSR count). The molecule has 33 heavy (non-hydrogen) atoms. The lowest BCUT2D eigenvalue weighted by Gasteiger charge is -2.32. The van der Waals surface area contributed by atoms with Crippen LogP contribution in [0, 0.1) is 0 Å². The molecule has 0 radical (unpaired) electrons. The summed E-state index contributed by atoms with van der Waals surface area (Å²) in [7, 11) is 3.59. The molecule has 9 nitrogen and oxygen atoms in total. The van der Waals surface area contributed by atoms with E-state index in [0.717, 1.165) is 74.5 Å². The molecule has 5 heterocycles. The van der Waals surface area contributed by atoms with Crippen molar-refractivity contribution in [2.75, 3.05) is 68.6 Å². The Labute approximate surface area is 194 Å². The summed E-state index contributed by atoms with van der Waals surface area (Å²) in [5.74, 6) is 1.46. The number of rotatable bonds is 5. The fourth-order valence-corrected chi connectivity index (χ4v) is 4.62. The van der Waals surface area contributed by atoms with Gasteiger partial charge in [-0.1, -0.05) is 0 Å². The molecular formula is C24H32N8O. The van der Waals surface area contributed by atoms with E-state index in [1.807, 2.05) is 30.6 Å². The number of nitrogens with one attached hydrogen (secondary N) is 2. The first-order valence-corrected chi connectivity index (χ1v) is 11.8. The molecule has 2 aliphatic heterocycles. The van der Waals surface area contributed by atoms with Gasteiger partial charge in [0.25, 0.3) is 5.91 Å². The van der Waals surface area contributed by atoms with Crippen molar-refractivity contribution in [3.05, 3.63) is 42.4 Å².